The number of hydrogen-bond donors (Lipinski definition) is 2. The highest BCUT2D eigenvalue weighted by atomic mass is 35.5. The van der Waals surface area contributed by atoms with Crippen LogP contribution in [-0.2, 0) is 4.79 Å². The maximum Gasteiger partial charge on any atom is 0.223 e. The van der Waals surface area contributed by atoms with Crippen molar-refractivity contribution in [2.75, 3.05) is 20.8 Å². The van der Waals surface area contributed by atoms with E-state index in [2.05, 4.69) is 17.6 Å². The van der Waals surface area contributed by atoms with E-state index in [1.165, 1.54) is 20.3 Å². The van der Waals surface area contributed by atoms with Gasteiger partial charge in [0.05, 0.1) is 20.3 Å². The molecular formula is C17H26ClFN2O3. The number of amides is 1. The Morgan fingerprint density at radius 3 is 2.54 bits per heavy atom. The second-order valence-electron chi connectivity index (χ2n) is 6.04. The van der Waals surface area contributed by atoms with E-state index < -0.39 is 11.9 Å². The van der Waals surface area contributed by atoms with Crippen molar-refractivity contribution in [3.8, 4) is 11.5 Å². The lowest BCUT2D eigenvalue weighted by Gasteiger charge is -2.28. The van der Waals surface area contributed by atoms with Gasteiger partial charge in [-0.05, 0) is 39.3 Å². The smallest absolute Gasteiger partial charge is 0.223 e. The molecule has 1 unspecified atom stereocenters. The first-order valence-corrected chi connectivity index (χ1v) is 7.91. The second kappa shape index (κ2) is 9.08. The predicted octanol–water partition coefficient (Wildman–Crippen LogP) is 2.83. The van der Waals surface area contributed by atoms with Crippen LogP contribution in [0.15, 0.2) is 12.1 Å². The normalized spacial score (nSPS) is 21.4. The van der Waals surface area contributed by atoms with Gasteiger partial charge >= 0.3 is 0 Å². The zero-order valence-corrected chi connectivity index (χ0v) is 15.3. The summed E-state index contributed by atoms with van der Waals surface area (Å²) in [7, 11) is 2.96. The van der Waals surface area contributed by atoms with Crippen molar-refractivity contribution < 1.29 is 18.7 Å². The minimum Gasteiger partial charge on any atom is -0.493 e. The molecule has 0 radical (unpaired) electrons. The fourth-order valence-electron chi connectivity index (χ4n) is 2.98. The fraction of sp³-hybridized carbons (Fsp3) is 0.588. The summed E-state index contributed by atoms with van der Waals surface area (Å²) in [5.41, 5.74) is 0.387. The largest absolute Gasteiger partial charge is 0.493 e. The van der Waals surface area contributed by atoms with Crippen LogP contribution in [-0.4, -0.2) is 32.7 Å². The standard InChI is InChI=1S/C17H25FN2O3.ClH/c1-10-7-12(5-6-19-10)17(21)20-11(2)13-8-15(22-3)16(23-4)9-14(13)18;/h8-12,19H,5-7H2,1-4H3,(H,20,21);1H/t10-,11?,12-;/m0./s1. The molecule has 24 heavy (non-hydrogen) atoms. The van der Waals surface area contributed by atoms with Gasteiger partial charge in [-0.25, -0.2) is 4.39 Å². The van der Waals surface area contributed by atoms with Crippen LogP contribution in [0, 0.1) is 11.7 Å². The van der Waals surface area contributed by atoms with Gasteiger partial charge in [0.1, 0.15) is 5.82 Å². The number of halogens is 2. The lowest BCUT2D eigenvalue weighted by atomic mass is 9.92. The van der Waals surface area contributed by atoms with Gasteiger partial charge < -0.3 is 20.1 Å². The predicted molar refractivity (Wildman–Crippen MR) is 93.5 cm³/mol. The zero-order valence-electron chi connectivity index (χ0n) is 14.5. The van der Waals surface area contributed by atoms with Gasteiger partial charge in [0.2, 0.25) is 5.91 Å². The van der Waals surface area contributed by atoms with Crippen LogP contribution in [0.25, 0.3) is 0 Å². The summed E-state index contributed by atoms with van der Waals surface area (Å²) >= 11 is 0. The maximum absolute atomic E-state index is 14.3. The average Bonchev–Trinajstić information content (AvgIpc) is 2.54. The molecule has 0 spiro atoms. The number of benzene rings is 1. The van der Waals surface area contributed by atoms with Gasteiger partial charge in [0, 0.05) is 23.6 Å². The molecule has 0 bridgehead atoms. The molecular weight excluding hydrogens is 335 g/mol. The molecule has 1 fully saturated rings. The molecule has 1 aliphatic heterocycles. The molecule has 1 aliphatic rings. The Balaban J connectivity index is 0.00000288. The molecule has 5 nitrogen and oxygen atoms in total. The van der Waals surface area contributed by atoms with Crippen molar-refractivity contribution in [3.05, 3.63) is 23.5 Å². The van der Waals surface area contributed by atoms with Crippen LogP contribution < -0.4 is 20.1 Å². The van der Waals surface area contributed by atoms with Gasteiger partial charge in [-0.2, -0.15) is 0 Å². The highest BCUT2D eigenvalue weighted by Gasteiger charge is 2.26. The number of rotatable bonds is 5. The van der Waals surface area contributed by atoms with Crippen molar-refractivity contribution >= 4 is 18.3 Å². The third-order valence-electron chi connectivity index (χ3n) is 4.32. The van der Waals surface area contributed by atoms with E-state index in [-0.39, 0.29) is 24.2 Å². The lowest BCUT2D eigenvalue weighted by molar-refractivity contribution is -0.126. The van der Waals surface area contributed by atoms with E-state index >= 15 is 0 Å². The average molecular weight is 361 g/mol. The number of piperidine rings is 1. The molecule has 3 atom stereocenters. The van der Waals surface area contributed by atoms with Crippen LogP contribution in [0.2, 0.25) is 0 Å². The minimum absolute atomic E-state index is 0. The van der Waals surface area contributed by atoms with Crippen molar-refractivity contribution in [2.24, 2.45) is 5.92 Å². The Hall–Kier alpha value is -1.53. The molecule has 136 valence electrons. The number of hydrogen-bond acceptors (Lipinski definition) is 4. The monoisotopic (exact) mass is 360 g/mol. The lowest BCUT2D eigenvalue weighted by Crippen LogP contribution is -2.43. The maximum atomic E-state index is 14.3. The van der Waals surface area contributed by atoms with E-state index in [1.807, 2.05) is 0 Å². The van der Waals surface area contributed by atoms with Crippen LogP contribution in [0.4, 0.5) is 4.39 Å². The first-order chi connectivity index (χ1) is 11.0. The quantitative estimate of drug-likeness (QED) is 0.847. The number of carbonyl (C=O) groups is 1. The van der Waals surface area contributed by atoms with E-state index in [9.17, 15) is 9.18 Å². The van der Waals surface area contributed by atoms with Gasteiger partial charge in [0.25, 0.3) is 0 Å². The summed E-state index contributed by atoms with van der Waals surface area (Å²) in [6, 6.07) is 2.74. The summed E-state index contributed by atoms with van der Waals surface area (Å²) in [6.07, 6.45) is 1.60. The minimum atomic E-state index is -0.438. The van der Waals surface area contributed by atoms with Crippen LogP contribution >= 0.6 is 12.4 Å². The number of carbonyl (C=O) groups excluding carboxylic acids is 1. The third-order valence-corrected chi connectivity index (χ3v) is 4.32. The molecule has 1 amide bonds. The Bertz CT molecular complexity index is 571. The van der Waals surface area contributed by atoms with Gasteiger partial charge in [-0.15, -0.1) is 12.4 Å². The van der Waals surface area contributed by atoms with Crippen LogP contribution in [0.1, 0.15) is 38.3 Å². The molecule has 1 aromatic carbocycles. The summed E-state index contributed by atoms with van der Waals surface area (Å²) in [5.74, 6) is 0.297. The molecule has 1 heterocycles. The van der Waals surface area contributed by atoms with E-state index in [0.717, 1.165) is 19.4 Å². The van der Waals surface area contributed by atoms with Gasteiger partial charge in [-0.3, -0.25) is 4.79 Å². The molecule has 1 aromatic rings. The van der Waals surface area contributed by atoms with Gasteiger partial charge in [0.15, 0.2) is 11.5 Å². The van der Waals surface area contributed by atoms with Crippen LogP contribution in [0.3, 0.4) is 0 Å². The first kappa shape index (κ1) is 20.5. The third kappa shape index (κ3) is 4.74. The van der Waals surface area contributed by atoms with Gasteiger partial charge in [-0.1, -0.05) is 0 Å². The topological polar surface area (TPSA) is 59.6 Å². The molecule has 2 rings (SSSR count). The molecule has 0 aliphatic carbocycles. The van der Waals surface area contributed by atoms with E-state index in [1.54, 1.807) is 13.0 Å². The second-order valence-corrected chi connectivity index (χ2v) is 6.04. The number of ether oxygens (including phenoxy) is 2. The summed E-state index contributed by atoms with van der Waals surface area (Å²) < 4.78 is 24.5. The summed E-state index contributed by atoms with van der Waals surface area (Å²) in [4.78, 5) is 12.4. The Kier molecular flexibility index (Phi) is 7.76. The molecule has 0 saturated carbocycles. The molecule has 1 saturated heterocycles. The Morgan fingerprint density at radius 2 is 1.96 bits per heavy atom. The van der Waals surface area contributed by atoms with Crippen molar-refractivity contribution in [1.82, 2.24) is 10.6 Å². The van der Waals surface area contributed by atoms with E-state index in [0.29, 0.717) is 23.1 Å². The highest BCUT2D eigenvalue weighted by Crippen LogP contribution is 2.32. The van der Waals surface area contributed by atoms with Crippen LogP contribution in [0.5, 0.6) is 11.5 Å². The zero-order chi connectivity index (χ0) is 17.0. The SMILES string of the molecule is COc1cc(F)c(C(C)NC(=O)[C@H]2CCN[C@@H](C)C2)cc1OC.Cl. The summed E-state index contributed by atoms with van der Waals surface area (Å²) in [6.45, 7) is 4.67. The first-order valence-electron chi connectivity index (χ1n) is 7.91. The van der Waals surface area contributed by atoms with Crippen molar-refractivity contribution in [3.63, 3.8) is 0 Å². The highest BCUT2D eigenvalue weighted by molar-refractivity contribution is 5.85. The van der Waals surface area contributed by atoms with E-state index in [4.69, 9.17) is 9.47 Å². The summed E-state index contributed by atoms with van der Waals surface area (Å²) in [5, 5.41) is 6.23. The number of methoxy groups -OCH3 is 2. The molecule has 0 aromatic heterocycles. The molecule has 7 heteroatoms. The van der Waals surface area contributed by atoms with Crippen molar-refractivity contribution in [1.29, 1.82) is 0 Å². The Labute approximate surface area is 148 Å². The fourth-order valence-corrected chi connectivity index (χ4v) is 2.98. The number of nitrogens with one attached hydrogen (secondary N) is 2. The Morgan fingerprint density at radius 1 is 1.33 bits per heavy atom. The molecule has 2 N–H and O–H groups in total. The van der Waals surface area contributed by atoms with Crippen molar-refractivity contribution in [2.45, 2.75) is 38.8 Å².